The van der Waals surface area contributed by atoms with Crippen LogP contribution in [-0.2, 0) is 4.79 Å². The highest BCUT2D eigenvalue weighted by molar-refractivity contribution is 5.96. The van der Waals surface area contributed by atoms with Crippen molar-refractivity contribution in [3.8, 4) is 0 Å². The van der Waals surface area contributed by atoms with Crippen LogP contribution in [0.3, 0.4) is 0 Å². The Morgan fingerprint density at radius 2 is 2.17 bits per heavy atom. The highest BCUT2D eigenvalue weighted by Gasteiger charge is 2.36. The van der Waals surface area contributed by atoms with Crippen LogP contribution in [-0.4, -0.2) is 52.3 Å². The molecule has 1 aliphatic carbocycles. The maximum atomic E-state index is 12.2. The quantitative estimate of drug-likeness (QED) is 0.763. The molecular formula is C13H15N3O2. The van der Waals surface area contributed by atoms with Crippen molar-refractivity contribution in [2.45, 2.75) is 18.9 Å². The Morgan fingerprint density at radius 1 is 1.33 bits per heavy atom. The van der Waals surface area contributed by atoms with E-state index in [1.165, 1.54) is 0 Å². The third-order valence-electron chi connectivity index (χ3n) is 3.44. The van der Waals surface area contributed by atoms with Crippen LogP contribution in [0.4, 0.5) is 0 Å². The molecular weight excluding hydrogens is 230 g/mol. The van der Waals surface area contributed by atoms with Crippen LogP contribution in [0.5, 0.6) is 0 Å². The molecule has 0 spiro atoms. The third-order valence-corrected chi connectivity index (χ3v) is 3.44. The van der Waals surface area contributed by atoms with Gasteiger partial charge in [0.05, 0.1) is 5.56 Å². The van der Waals surface area contributed by atoms with Crippen molar-refractivity contribution in [2.75, 3.05) is 19.6 Å². The first-order chi connectivity index (χ1) is 8.75. The number of nitrogens with zero attached hydrogens (tertiary/aromatic N) is 3. The zero-order valence-electron chi connectivity index (χ0n) is 10.1. The van der Waals surface area contributed by atoms with E-state index in [4.69, 9.17) is 0 Å². The lowest BCUT2D eigenvalue weighted by atomic mass is 10.2. The SMILES string of the molecule is O=C(c1cccnc1)N1CCN(C2CC2)C(=O)C1. The molecule has 0 N–H and O–H groups in total. The van der Waals surface area contributed by atoms with Gasteiger partial charge in [-0.1, -0.05) is 0 Å². The highest BCUT2D eigenvalue weighted by atomic mass is 16.2. The Morgan fingerprint density at radius 3 is 2.78 bits per heavy atom. The predicted octanol–water partition coefficient (Wildman–Crippen LogP) is 0.528. The Labute approximate surface area is 105 Å². The second-order valence-corrected chi connectivity index (χ2v) is 4.79. The van der Waals surface area contributed by atoms with Gasteiger partial charge in [0.1, 0.15) is 6.54 Å². The molecule has 0 atom stereocenters. The molecule has 3 rings (SSSR count). The summed E-state index contributed by atoms with van der Waals surface area (Å²) in [5.74, 6) is -0.0344. The van der Waals surface area contributed by atoms with Crippen LogP contribution in [0.1, 0.15) is 23.2 Å². The number of hydrogen-bond donors (Lipinski definition) is 0. The Kier molecular flexibility index (Phi) is 2.74. The lowest BCUT2D eigenvalue weighted by Gasteiger charge is -2.34. The van der Waals surface area contributed by atoms with Crippen LogP contribution in [0.2, 0.25) is 0 Å². The van der Waals surface area contributed by atoms with E-state index in [1.807, 2.05) is 4.90 Å². The summed E-state index contributed by atoms with van der Waals surface area (Å²) in [6.45, 7) is 1.48. The predicted molar refractivity (Wildman–Crippen MR) is 64.9 cm³/mol. The molecule has 0 unspecified atom stereocenters. The molecule has 0 radical (unpaired) electrons. The van der Waals surface area contributed by atoms with Crippen LogP contribution >= 0.6 is 0 Å². The number of carbonyl (C=O) groups excluding carboxylic acids is 2. The van der Waals surface area contributed by atoms with E-state index in [9.17, 15) is 9.59 Å². The van der Waals surface area contributed by atoms with Gasteiger partial charge < -0.3 is 9.80 Å². The molecule has 1 saturated heterocycles. The number of piperazine rings is 1. The minimum Gasteiger partial charge on any atom is -0.336 e. The summed E-state index contributed by atoms with van der Waals surface area (Å²) in [5.41, 5.74) is 0.546. The molecule has 0 aromatic carbocycles. The van der Waals surface area contributed by atoms with Crippen molar-refractivity contribution >= 4 is 11.8 Å². The average molecular weight is 245 g/mol. The molecule has 2 amide bonds. The van der Waals surface area contributed by atoms with E-state index in [1.54, 1.807) is 29.4 Å². The Bertz CT molecular complexity index is 470. The van der Waals surface area contributed by atoms with Crippen molar-refractivity contribution in [2.24, 2.45) is 0 Å². The zero-order chi connectivity index (χ0) is 12.5. The fourth-order valence-electron chi connectivity index (χ4n) is 2.30. The molecule has 2 heterocycles. The molecule has 2 fully saturated rings. The Hall–Kier alpha value is -1.91. The normalized spacial score (nSPS) is 20.1. The summed E-state index contributed by atoms with van der Waals surface area (Å²) in [7, 11) is 0. The first-order valence-electron chi connectivity index (χ1n) is 6.24. The van der Waals surface area contributed by atoms with Gasteiger partial charge in [-0.25, -0.2) is 0 Å². The standard InChI is InChI=1S/C13H15N3O2/c17-12-9-15(6-7-16(12)11-3-4-11)13(18)10-2-1-5-14-8-10/h1-2,5,8,11H,3-4,6-7,9H2. The van der Waals surface area contributed by atoms with Crippen LogP contribution in [0.15, 0.2) is 24.5 Å². The number of hydrogen-bond acceptors (Lipinski definition) is 3. The second kappa shape index (κ2) is 4.40. The summed E-state index contributed by atoms with van der Waals surface area (Å²) in [6.07, 6.45) is 5.40. The van der Waals surface area contributed by atoms with Crippen LogP contribution < -0.4 is 0 Å². The van der Waals surface area contributed by atoms with Crippen molar-refractivity contribution in [3.05, 3.63) is 30.1 Å². The Balaban J connectivity index is 1.68. The van der Waals surface area contributed by atoms with Crippen molar-refractivity contribution in [3.63, 3.8) is 0 Å². The van der Waals surface area contributed by atoms with E-state index >= 15 is 0 Å². The van der Waals surface area contributed by atoms with Crippen LogP contribution in [0.25, 0.3) is 0 Å². The summed E-state index contributed by atoms with van der Waals surface area (Å²) in [4.78, 5) is 31.5. The summed E-state index contributed by atoms with van der Waals surface area (Å²) in [5, 5.41) is 0. The molecule has 0 bridgehead atoms. The molecule has 1 aromatic heterocycles. The minimum absolute atomic E-state index is 0.0704. The van der Waals surface area contributed by atoms with Crippen LogP contribution in [0, 0.1) is 0 Å². The van der Waals surface area contributed by atoms with Gasteiger partial charge in [0.25, 0.3) is 5.91 Å². The van der Waals surface area contributed by atoms with Crippen molar-refractivity contribution in [1.29, 1.82) is 0 Å². The molecule has 1 aromatic rings. The van der Waals surface area contributed by atoms with Gasteiger partial charge in [-0.05, 0) is 25.0 Å². The number of pyridine rings is 1. The number of amides is 2. The fraction of sp³-hybridized carbons (Fsp3) is 0.462. The second-order valence-electron chi connectivity index (χ2n) is 4.79. The lowest BCUT2D eigenvalue weighted by Crippen LogP contribution is -2.52. The van der Waals surface area contributed by atoms with E-state index in [0.29, 0.717) is 24.7 Å². The molecule has 5 heteroatoms. The first kappa shape index (κ1) is 11.2. The van der Waals surface area contributed by atoms with Gasteiger partial charge >= 0.3 is 0 Å². The minimum atomic E-state index is -0.105. The summed E-state index contributed by atoms with van der Waals surface area (Å²) in [6, 6.07) is 3.90. The van der Waals surface area contributed by atoms with Crippen molar-refractivity contribution < 1.29 is 9.59 Å². The summed E-state index contributed by atoms with van der Waals surface area (Å²) < 4.78 is 0. The third kappa shape index (κ3) is 2.08. The molecule has 5 nitrogen and oxygen atoms in total. The maximum Gasteiger partial charge on any atom is 0.255 e. The van der Waals surface area contributed by atoms with Gasteiger partial charge in [0, 0.05) is 31.5 Å². The number of aromatic nitrogens is 1. The monoisotopic (exact) mass is 245 g/mol. The van der Waals surface area contributed by atoms with E-state index in [0.717, 1.165) is 12.8 Å². The fourth-order valence-corrected chi connectivity index (χ4v) is 2.30. The topological polar surface area (TPSA) is 53.5 Å². The van der Waals surface area contributed by atoms with Gasteiger partial charge in [-0.2, -0.15) is 0 Å². The van der Waals surface area contributed by atoms with E-state index < -0.39 is 0 Å². The molecule has 94 valence electrons. The molecule has 2 aliphatic rings. The van der Waals surface area contributed by atoms with Gasteiger partial charge in [0.15, 0.2) is 0 Å². The zero-order valence-corrected chi connectivity index (χ0v) is 10.1. The largest absolute Gasteiger partial charge is 0.336 e. The van der Waals surface area contributed by atoms with E-state index in [2.05, 4.69) is 4.98 Å². The molecule has 1 aliphatic heterocycles. The van der Waals surface area contributed by atoms with Gasteiger partial charge in [0.2, 0.25) is 5.91 Å². The van der Waals surface area contributed by atoms with Gasteiger partial charge in [-0.15, -0.1) is 0 Å². The van der Waals surface area contributed by atoms with Crippen molar-refractivity contribution in [1.82, 2.24) is 14.8 Å². The van der Waals surface area contributed by atoms with Gasteiger partial charge in [-0.3, -0.25) is 14.6 Å². The molecule has 18 heavy (non-hydrogen) atoms. The first-order valence-corrected chi connectivity index (χ1v) is 6.24. The smallest absolute Gasteiger partial charge is 0.255 e. The number of carbonyl (C=O) groups is 2. The van der Waals surface area contributed by atoms with E-state index in [-0.39, 0.29) is 18.4 Å². The average Bonchev–Trinajstić information content (AvgIpc) is 3.23. The molecule has 1 saturated carbocycles. The maximum absolute atomic E-state index is 12.2. The summed E-state index contributed by atoms with van der Waals surface area (Å²) >= 11 is 0. The highest BCUT2D eigenvalue weighted by Crippen LogP contribution is 2.28. The number of rotatable bonds is 2. The lowest BCUT2D eigenvalue weighted by molar-refractivity contribution is -0.135.